The summed E-state index contributed by atoms with van der Waals surface area (Å²) in [6.07, 6.45) is 3.58. The number of rotatable bonds is 4. The van der Waals surface area contributed by atoms with E-state index in [1.54, 1.807) is 24.4 Å². The van der Waals surface area contributed by atoms with Crippen LogP contribution in [0.15, 0.2) is 42.6 Å². The van der Waals surface area contributed by atoms with Crippen LogP contribution in [-0.2, 0) is 11.3 Å². The Bertz CT molecular complexity index is 1180. The van der Waals surface area contributed by atoms with E-state index in [4.69, 9.17) is 9.84 Å². The van der Waals surface area contributed by atoms with Gasteiger partial charge in [0, 0.05) is 24.7 Å². The molecular weight excluding hydrogens is 385 g/mol. The van der Waals surface area contributed by atoms with Crippen molar-refractivity contribution in [3.8, 4) is 34.3 Å². The van der Waals surface area contributed by atoms with Gasteiger partial charge in [0.2, 0.25) is 11.8 Å². The first-order valence-corrected chi connectivity index (χ1v) is 9.78. The first-order valence-electron chi connectivity index (χ1n) is 9.78. The highest BCUT2D eigenvalue weighted by Gasteiger charge is 2.50. The SMILES string of the molecule is N#CC1(C(=O)Nc2cc(-c3c(-c4ccc(F)cc4)nn4c3OCCC4)ccn2)CC1. The number of aryl methyl sites for hydroxylation is 1. The summed E-state index contributed by atoms with van der Waals surface area (Å²) in [6, 6.07) is 11.8. The van der Waals surface area contributed by atoms with Gasteiger partial charge in [-0.15, -0.1) is 0 Å². The smallest absolute Gasteiger partial charge is 0.246 e. The molecule has 7 nitrogen and oxygen atoms in total. The number of amides is 1. The summed E-state index contributed by atoms with van der Waals surface area (Å²) in [7, 11) is 0. The molecule has 1 aliphatic heterocycles. The quantitative estimate of drug-likeness (QED) is 0.716. The number of nitrogens with zero attached hydrogens (tertiary/aromatic N) is 4. The highest BCUT2D eigenvalue weighted by molar-refractivity contribution is 5.99. The standard InChI is InChI=1S/C22H18FN5O2/c23-16-4-2-14(3-5-16)19-18(20-28(27-19)10-1-11-30-20)15-6-9-25-17(12-15)26-21(29)22(13-24)7-8-22/h2-6,9,12H,1,7-8,10-11H2,(H,25,26,29). The Labute approximate surface area is 172 Å². The zero-order valence-corrected chi connectivity index (χ0v) is 16.1. The van der Waals surface area contributed by atoms with E-state index >= 15 is 0 Å². The predicted octanol–water partition coefficient (Wildman–Crippen LogP) is 3.78. The second-order valence-corrected chi connectivity index (χ2v) is 7.54. The minimum Gasteiger partial charge on any atom is -0.477 e. The molecule has 1 fully saturated rings. The molecule has 0 spiro atoms. The Balaban J connectivity index is 1.57. The molecule has 0 atom stereocenters. The molecule has 1 aliphatic carbocycles. The zero-order chi connectivity index (χ0) is 20.7. The molecule has 1 N–H and O–H groups in total. The Morgan fingerprint density at radius 3 is 2.77 bits per heavy atom. The number of hydrogen-bond acceptors (Lipinski definition) is 5. The number of benzene rings is 1. The molecule has 0 bridgehead atoms. The number of nitrogens with one attached hydrogen (secondary N) is 1. The Morgan fingerprint density at radius 1 is 1.23 bits per heavy atom. The van der Waals surface area contributed by atoms with Crippen LogP contribution in [0.2, 0.25) is 0 Å². The van der Waals surface area contributed by atoms with Crippen LogP contribution in [0.25, 0.3) is 22.4 Å². The van der Waals surface area contributed by atoms with E-state index in [0.29, 0.717) is 36.8 Å². The summed E-state index contributed by atoms with van der Waals surface area (Å²) in [5.41, 5.74) is 2.04. The van der Waals surface area contributed by atoms with Gasteiger partial charge in [0.1, 0.15) is 22.7 Å². The molecule has 30 heavy (non-hydrogen) atoms. The van der Waals surface area contributed by atoms with Crippen molar-refractivity contribution in [1.29, 1.82) is 5.26 Å². The summed E-state index contributed by atoms with van der Waals surface area (Å²) in [5, 5.41) is 16.7. The van der Waals surface area contributed by atoms with Crippen molar-refractivity contribution < 1.29 is 13.9 Å². The number of fused-ring (bicyclic) bond motifs is 1. The normalized spacial score (nSPS) is 16.1. The maximum Gasteiger partial charge on any atom is 0.246 e. The van der Waals surface area contributed by atoms with Crippen LogP contribution in [0, 0.1) is 22.6 Å². The maximum atomic E-state index is 13.4. The first kappa shape index (κ1) is 18.3. The molecule has 150 valence electrons. The van der Waals surface area contributed by atoms with Gasteiger partial charge in [-0.3, -0.25) is 4.79 Å². The largest absolute Gasteiger partial charge is 0.477 e. The van der Waals surface area contributed by atoms with Crippen molar-refractivity contribution >= 4 is 11.7 Å². The van der Waals surface area contributed by atoms with E-state index in [2.05, 4.69) is 16.4 Å². The number of aromatic nitrogens is 3. The summed E-state index contributed by atoms with van der Waals surface area (Å²) in [4.78, 5) is 16.7. The molecule has 1 saturated carbocycles. The van der Waals surface area contributed by atoms with Gasteiger partial charge in [-0.2, -0.15) is 10.4 Å². The number of pyridine rings is 1. The van der Waals surface area contributed by atoms with E-state index in [9.17, 15) is 14.4 Å². The minimum absolute atomic E-state index is 0.319. The lowest BCUT2D eigenvalue weighted by Gasteiger charge is -2.16. The van der Waals surface area contributed by atoms with Crippen molar-refractivity contribution in [2.75, 3.05) is 11.9 Å². The van der Waals surface area contributed by atoms with E-state index in [-0.39, 0.29) is 11.7 Å². The van der Waals surface area contributed by atoms with E-state index in [0.717, 1.165) is 29.7 Å². The topological polar surface area (TPSA) is 92.8 Å². The zero-order valence-electron chi connectivity index (χ0n) is 16.1. The fourth-order valence-corrected chi connectivity index (χ4v) is 3.60. The Hall–Kier alpha value is -3.73. The Kier molecular flexibility index (Phi) is 4.24. The fourth-order valence-electron chi connectivity index (χ4n) is 3.60. The van der Waals surface area contributed by atoms with E-state index in [1.165, 1.54) is 12.1 Å². The average Bonchev–Trinajstić information content (AvgIpc) is 3.48. The number of nitriles is 1. The van der Waals surface area contributed by atoms with Crippen molar-refractivity contribution in [2.24, 2.45) is 5.41 Å². The summed E-state index contributed by atoms with van der Waals surface area (Å²) in [5.74, 6) is 0.349. The van der Waals surface area contributed by atoms with E-state index in [1.807, 2.05) is 10.7 Å². The molecule has 0 saturated heterocycles. The molecule has 2 aromatic heterocycles. The molecule has 3 aromatic rings. The van der Waals surface area contributed by atoms with Gasteiger partial charge in [0.15, 0.2) is 0 Å². The Morgan fingerprint density at radius 2 is 2.03 bits per heavy atom. The fraction of sp³-hybridized carbons (Fsp3) is 0.273. The molecule has 1 aromatic carbocycles. The summed E-state index contributed by atoms with van der Waals surface area (Å²) in [6.45, 7) is 1.31. The number of hydrogen-bond donors (Lipinski definition) is 1. The van der Waals surface area contributed by atoms with E-state index < -0.39 is 5.41 Å². The molecule has 3 heterocycles. The monoisotopic (exact) mass is 403 g/mol. The van der Waals surface area contributed by atoms with Crippen molar-refractivity contribution in [1.82, 2.24) is 14.8 Å². The molecule has 5 rings (SSSR count). The predicted molar refractivity (Wildman–Crippen MR) is 107 cm³/mol. The van der Waals surface area contributed by atoms with Crippen LogP contribution in [-0.4, -0.2) is 27.3 Å². The van der Waals surface area contributed by atoms with Crippen LogP contribution < -0.4 is 10.1 Å². The molecule has 2 aliphatic rings. The van der Waals surface area contributed by atoms with Crippen LogP contribution in [0.4, 0.5) is 10.2 Å². The lowest BCUT2D eigenvalue weighted by atomic mass is 10.0. The maximum absolute atomic E-state index is 13.4. The number of carbonyl (C=O) groups is 1. The highest BCUT2D eigenvalue weighted by Crippen LogP contribution is 2.46. The number of halogens is 1. The lowest BCUT2D eigenvalue weighted by molar-refractivity contribution is -0.119. The number of carbonyl (C=O) groups excluding carboxylic acids is 1. The molecule has 8 heteroatoms. The highest BCUT2D eigenvalue weighted by atomic mass is 19.1. The second kappa shape index (κ2) is 6.95. The molecule has 0 radical (unpaired) electrons. The van der Waals surface area contributed by atoms with Gasteiger partial charge in [-0.05, 0) is 54.8 Å². The van der Waals surface area contributed by atoms with Crippen molar-refractivity contribution in [3.05, 3.63) is 48.4 Å². The number of anilines is 1. The van der Waals surface area contributed by atoms with Crippen molar-refractivity contribution in [3.63, 3.8) is 0 Å². The molecule has 1 amide bonds. The van der Waals surface area contributed by atoms with Crippen LogP contribution >= 0.6 is 0 Å². The lowest BCUT2D eigenvalue weighted by Crippen LogP contribution is -2.23. The molecular formula is C22H18FN5O2. The average molecular weight is 403 g/mol. The van der Waals surface area contributed by atoms with Crippen LogP contribution in [0.1, 0.15) is 19.3 Å². The third-order valence-corrected chi connectivity index (χ3v) is 5.47. The van der Waals surface area contributed by atoms with Crippen LogP contribution in [0.3, 0.4) is 0 Å². The van der Waals surface area contributed by atoms with Gasteiger partial charge >= 0.3 is 0 Å². The first-order chi connectivity index (χ1) is 14.6. The minimum atomic E-state index is -0.934. The van der Waals surface area contributed by atoms with Gasteiger partial charge in [0.25, 0.3) is 0 Å². The van der Waals surface area contributed by atoms with Gasteiger partial charge in [-0.1, -0.05) is 0 Å². The number of ether oxygens (including phenoxy) is 1. The molecule has 0 unspecified atom stereocenters. The summed E-state index contributed by atoms with van der Waals surface area (Å²) >= 11 is 0. The second-order valence-electron chi connectivity index (χ2n) is 7.54. The van der Waals surface area contributed by atoms with Gasteiger partial charge in [0.05, 0.1) is 18.2 Å². The van der Waals surface area contributed by atoms with Crippen LogP contribution in [0.5, 0.6) is 5.88 Å². The summed E-state index contributed by atoms with van der Waals surface area (Å²) < 4.78 is 21.2. The van der Waals surface area contributed by atoms with Gasteiger partial charge in [-0.25, -0.2) is 14.1 Å². The third-order valence-electron chi connectivity index (χ3n) is 5.47. The van der Waals surface area contributed by atoms with Crippen molar-refractivity contribution in [2.45, 2.75) is 25.8 Å². The van der Waals surface area contributed by atoms with Gasteiger partial charge < -0.3 is 10.1 Å². The third kappa shape index (κ3) is 3.08.